The van der Waals surface area contributed by atoms with Gasteiger partial charge in [0, 0.05) is 12.7 Å². The smallest absolute Gasteiger partial charge is 0.282 e. The van der Waals surface area contributed by atoms with Crippen LogP contribution in [0.2, 0.25) is 0 Å². The summed E-state index contributed by atoms with van der Waals surface area (Å²) < 4.78 is 11.0. The Morgan fingerprint density at radius 2 is 1.60 bits per heavy atom. The number of rotatable bonds is 6. The van der Waals surface area contributed by atoms with E-state index in [4.69, 9.17) is 15.2 Å². The highest BCUT2D eigenvalue weighted by Crippen LogP contribution is 2.27. The van der Waals surface area contributed by atoms with Crippen LogP contribution in [0, 0.1) is 0 Å². The lowest BCUT2D eigenvalue weighted by atomic mass is 10.0. The first-order valence-electron chi connectivity index (χ1n) is 6.27. The second-order valence-corrected chi connectivity index (χ2v) is 4.33. The second kappa shape index (κ2) is 6.32. The summed E-state index contributed by atoms with van der Waals surface area (Å²) in [5.41, 5.74) is 7.00. The Bertz CT molecular complexity index is 556. The van der Waals surface area contributed by atoms with Crippen LogP contribution < -0.4 is 5.73 Å². The first-order chi connectivity index (χ1) is 9.69. The van der Waals surface area contributed by atoms with Crippen LogP contribution >= 0.6 is 0 Å². The maximum absolute atomic E-state index is 11.8. The number of ether oxygens (including phenoxy) is 2. The van der Waals surface area contributed by atoms with Crippen molar-refractivity contribution < 1.29 is 14.3 Å². The van der Waals surface area contributed by atoms with Gasteiger partial charge in [0.05, 0.1) is 6.61 Å². The highest BCUT2D eigenvalue weighted by Gasteiger charge is 2.40. The normalized spacial score (nSPS) is 13.7. The summed E-state index contributed by atoms with van der Waals surface area (Å²) in [6.45, 7) is 0.229. The average Bonchev–Trinajstić information content (AvgIpc) is 2.50. The fourth-order valence-electron chi connectivity index (χ4n) is 1.99. The number of methoxy groups -OCH3 is 1. The molecule has 0 spiro atoms. The van der Waals surface area contributed by atoms with Gasteiger partial charge >= 0.3 is 0 Å². The molecule has 4 heteroatoms. The largest absolute Gasteiger partial charge is 0.365 e. The van der Waals surface area contributed by atoms with E-state index in [9.17, 15) is 4.79 Å². The van der Waals surface area contributed by atoms with Crippen LogP contribution in [0.3, 0.4) is 0 Å². The van der Waals surface area contributed by atoms with E-state index >= 15 is 0 Å². The molecular weight excluding hydrogens is 254 g/mol. The van der Waals surface area contributed by atoms with Crippen molar-refractivity contribution >= 4 is 5.91 Å². The van der Waals surface area contributed by atoms with Gasteiger partial charge in [0.2, 0.25) is 0 Å². The monoisotopic (exact) mass is 271 g/mol. The van der Waals surface area contributed by atoms with Crippen molar-refractivity contribution in [3.8, 4) is 0 Å². The minimum atomic E-state index is -1.57. The van der Waals surface area contributed by atoms with E-state index in [-0.39, 0.29) is 6.61 Å². The third-order valence-electron chi connectivity index (χ3n) is 3.05. The summed E-state index contributed by atoms with van der Waals surface area (Å²) in [4.78, 5) is 11.8. The van der Waals surface area contributed by atoms with Gasteiger partial charge in [-0.3, -0.25) is 4.79 Å². The van der Waals surface area contributed by atoms with Gasteiger partial charge in [-0.2, -0.15) is 0 Å². The van der Waals surface area contributed by atoms with E-state index in [1.807, 2.05) is 36.4 Å². The molecule has 104 valence electrons. The van der Waals surface area contributed by atoms with Gasteiger partial charge in [-0.25, -0.2) is 0 Å². The molecular formula is C16H17NO3. The molecule has 20 heavy (non-hydrogen) atoms. The SMILES string of the molecule is COC(OCc1ccccc1)(C(N)=O)c1ccccc1. The topological polar surface area (TPSA) is 61.6 Å². The van der Waals surface area contributed by atoms with Gasteiger partial charge in [0.15, 0.2) is 0 Å². The molecule has 1 unspecified atom stereocenters. The van der Waals surface area contributed by atoms with Crippen molar-refractivity contribution in [2.45, 2.75) is 12.4 Å². The van der Waals surface area contributed by atoms with Crippen LogP contribution in [0.1, 0.15) is 11.1 Å². The third-order valence-corrected chi connectivity index (χ3v) is 3.05. The molecule has 0 saturated heterocycles. The number of primary amides is 1. The Morgan fingerprint density at radius 3 is 2.10 bits per heavy atom. The summed E-state index contributed by atoms with van der Waals surface area (Å²) in [6, 6.07) is 18.5. The third kappa shape index (κ3) is 2.87. The van der Waals surface area contributed by atoms with Crippen LogP contribution in [0.25, 0.3) is 0 Å². The van der Waals surface area contributed by atoms with Crippen LogP contribution in [0.4, 0.5) is 0 Å². The van der Waals surface area contributed by atoms with Crippen molar-refractivity contribution in [3.05, 3.63) is 71.8 Å². The molecule has 0 heterocycles. The van der Waals surface area contributed by atoms with Crippen molar-refractivity contribution in [1.29, 1.82) is 0 Å². The molecule has 2 rings (SSSR count). The molecule has 0 fully saturated rings. The predicted molar refractivity (Wildman–Crippen MR) is 75.6 cm³/mol. The summed E-state index contributed by atoms with van der Waals surface area (Å²) in [7, 11) is 1.41. The Morgan fingerprint density at radius 1 is 1.05 bits per heavy atom. The molecule has 2 N–H and O–H groups in total. The second-order valence-electron chi connectivity index (χ2n) is 4.33. The van der Waals surface area contributed by atoms with Gasteiger partial charge < -0.3 is 15.2 Å². The molecule has 4 nitrogen and oxygen atoms in total. The number of benzene rings is 2. The zero-order valence-corrected chi connectivity index (χ0v) is 11.3. The maximum atomic E-state index is 11.8. The summed E-state index contributed by atoms with van der Waals surface area (Å²) in [5, 5.41) is 0. The van der Waals surface area contributed by atoms with Crippen LogP contribution in [-0.4, -0.2) is 13.0 Å². The Labute approximate surface area is 118 Å². The minimum Gasteiger partial charge on any atom is -0.365 e. The van der Waals surface area contributed by atoms with Gasteiger partial charge in [-0.15, -0.1) is 0 Å². The minimum absolute atomic E-state index is 0.229. The van der Waals surface area contributed by atoms with Gasteiger partial charge in [-0.05, 0) is 5.56 Å². The van der Waals surface area contributed by atoms with Crippen molar-refractivity contribution in [1.82, 2.24) is 0 Å². The highest BCUT2D eigenvalue weighted by atomic mass is 16.7. The molecule has 1 atom stereocenters. The Balaban J connectivity index is 2.26. The number of hydrogen-bond acceptors (Lipinski definition) is 3. The molecule has 0 aliphatic carbocycles. The zero-order valence-electron chi connectivity index (χ0n) is 11.3. The molecule has 0 saturated carbocycles. The Hall–Kier alpha value is -2.17. The molecule has 2 aromatic carbocycles. The molecule has 1 amide bonds. The van der Waals surface area contributed by atoms with Crippen LogP contribution in [0.5, 0.6) is 0 Å². The number of carbonyl (C=O) groups excluding carboxylic acids is 1. The maximum Gasteiger partial charge on any atom is 0.282 e. The van der Waals surface area contributed by atoms with Gasteiger partial charge in [-0.1, -0.05) is 60.7 Å². The molecule has 0 aliphatic rings. The quantitative estimate of drug-likeness (QED) is 0.819. The lowest BCUT2D eigenvalue weighted by Crippen LogP contribution is -2.45. The summed E-state index contributed by atoms with van der Waals surface area (Å²) in [5.74, 6) is -2.25. The van der Waals surface area contributed by atoms with E-state index in [0.717, 1.165) is 5.56 Å². The molecule has 0 radical (unpaired) electrons. The first kappa shape index (κ1) is 14.2. The predicted octanol–water partition coefficient (Wildman–Crippen LogP) is 2.19. The summed E-state index contributed by atoms with van der Waals surface area (Å²) >= 11 is 0. The van der Waals surface area contributed by atoms with Gasteiger partial charge in [0.1, 0.15) is 0 Å². The van der Waals surface area contributed by atoms with E-state index in [1.165, 1.54) is 7.11 Å². The highest BCUT2D eigenvalue weighted by molar-refractivity contribution is 5.83. The first-order valence-corrected chi connectivity index (χ1v) is 6.27. The van der Waals surface area contributed by atoms with Crippen LogP contribution in [-0.2, 0) is 26.7 Å². The average molecular weight is 271 g/mol. The van der Waals surface area contributed by atoms with E-state index in [0.29, 0.717) is 5.56 Å². The lowest BCUT2D eigenvalue weighted by molar-refractivity contribution is -0.229. The van der Waals surface area contributed by atoms with Gasteiger partial charge in [0.25, 0.3) is 11.7 Å². The number of hydrogen-bond donors (Lipinski definition) is 1. The fourth-order valence-corrected chi connectivity index (χ4v) is 1.99. The number of nitrogens with two attached hydrogens (primary N) is 1. The molecule has 0 bridgehead atoms. The fraction of sp³-hybridized carbons (Fsp3) is 0.188. The van der Waals surface area contributed by atoms with Crippen molar-refractivity contribution in [2.24, 2.45) is 5.73 Å². The standard InChI is InChI=1S/C16H17NO3/c1-19-16(15(17)18,14-10-6-3-7-11-14)20-12-13-8-4-2-5-9-13/h2-11H,12H2,1H3,(H2,17,18). The van der Waals surface area contributed by atoms with E-state index in [2.05, 4.69) is 0 Å². The van der Waals surface area contributed by atoms with E-state index < -0.39 is 11.7 Å². The lowest BCUT2D eigenvalue weighted by Gasteiger charge is -2.29. The van der Waals surface area contributed by atoms with E-state index in [1.54, 1.807) is 24.3 Å². The molecule has 2 aromatic rings. The Kier molecular flexibility index (Phi) is 4.50. The number of amides is 1. The van der Waals surface area contributed by atoms with Crippen molar-refractivity contribution in [2.75, 3.05) is 7.11 Å². The molecule has 0 aromatic heterocycles. The summed E-state index contributed by atoms with van der Waals surface area (Å²) in [6.07, 6.45) is 0. The molecule has 0 aliphatic heterocycles. The number of carbonyl (C=O) groups is 1. The van der Waals surface area contributed by atoms with Crippen molar-refractivity contribution in [3.63, 3.8) is 0 Å². The zero-order chi connectivity index (χ0) is 14.4. The van der Waals surface area contributed by atoms with Crippen LogP contribution in [0.15, 0.2) is 60.7 Å².